The van der Waals surface area contributed by atoms with Gasteiger partial charge in [0.1, 0.15) is 0 Å². The number of nitrogens with zero attached hydrogens (tertiary/aromatic N) is 3. The van der Waals surface area contributed by atoms with Gasteiger partial charge in [0, 0.05) is 18.0 Å². The summed E-state index contributed by atoms with van der Waals surface area (Å²) in [6.07, 6.45) is 0.481. The van der Waals surface area contributed by atoms with Crippen LogP contribution in [0, 0.1) is 0 Å². The lowest BCUT2D eigenvalue weighted by Crippen LogP contribution is -2.49. The Balaban J connectivity index is 1.36. The first-order chi connectivity index (χ1) is 10.8. The predicted molar refractivity (Wildman–Crippen MR) is 85.0 cm³/mol. The van der Waals surface area contributed by atoms with Gasteiger partial charge < -0.3 is 9.42 Å². The first-order valence-electron chi connectivity index (χ1n) is 6.97. The number of aromatic nitrogens is 2. The van der Waals surface area contributed by atoms with E-state index in [0.717, 1.165) is 9.75 Å². The minimum absolute atomic E-state index is 0.161. The molecular weight excluding hydrogens is 318 g/mol. The smallest absolute Gasteiger partial charge is 0.233 e. The normalized spacial score (nSPS) is 15.0. The van der Waals surface area contributed by atoms with Crippen molar-refractivity contribution in [2.75, 3.05) is 13.1 Å². The molecule has 1 fully saturated rings. The highest BCUT2D eigenvalue weighted by atomic mass is 32.1. The molecule has 0 radical (unpaired) electrons. The average Bonchev–Trinajstić information content (AvgIpc) is 3.19. The fraction of sp³-hybridized carbons (Fsp3) is 0.267. The summed E-state index contributed by atoms with van der Waals surface area (Å²) in [5, 5.41) is 7.99. The molecule has 5 nitrogen and oxygen atoms in total. The van der Waals surface area contributed by atoms with E-state index in [0.29, 0.717) is 31.2 Å². The summed E-state index contributed by atoms with van der Waals surface area (Å²) in [6, 6.07) is 7.89. The lowest BCUT2D eigenvalue weighted by molar-refractivity contribution is -0.135. The molecule has 0 aromatic carbocycles. The fourth-order valence-electron chi connectivity index (χ4n) is 2.42. The third-order valence-electron chi connectivity index (χ3n) is 3.67. The van der Waals surface area contributed by atoms with Crippen LogP contribution in [-0.2, 0) is 11.2 Å². The van der Waals surface area contributed by atoms with Gasteiger partial charge in [0.05, 0.1) is 17.2 Å². The van der Waals surface area contributed by atoms with Crippen LogP contribution in [0.25, 0.3) is 10.7 Å². The zero-order chi connectivity index (χ0) is 14.9. The summed E-state index contributed by atoms with van der Waals surface area (Å²) in [4.78, 5) is 20.5. The molecule has 3 aromatic heterocycles. The number of likely N-dealkylation sites (tertiary alicyclic amines) is 1. The third kappa shape index (κ3) is 2.57. The third-order valence-corrected chi connectivity index (χ3v) is 5.41. The summed E-state index contributed by atoms with van der Waals surface area (Å²) in [5.41, 5.74) is 0. The van der Waals surface area contributed by atoms with Gasteiger partial charge in [-0.15, -0.1) is 22.7 Å². The van der Waals surface area contributed by atoms with Crippen LogP contribution < -0.4 is 0 Å². The van der Waals surface area contributed by atoms with E-state index in [9.17, 15) is 4.79 Å². The van der Waals surface area contributed by atoms with Crippen molar-refractivity contribution < 1.29 is 9.32 Å². The molecule has 0 bridgehead atoms. The van der Waals surface area contributed by atoms with Crippen molar-refractivity contribution in [1.29, 1.82) is 0 Å². The quantitative estimate of drug-likeness (QED) is 0.737. The summed E-state index contributed by atoms with van der Waals surface area (Å²) in [5.74, 6) is 1.59. The monoisotopic (exact) mass is 331 g/mol. The van der Waals surface area contributed by atoms with Crippen LogP contribution in [0.3, 0.4) is 0 Å². The Labute approximate surface area is 135 Å². The Kier molecular flexibility index (Phi) is 3.51. The Morgan fingerprint density at radius 1 is 1.27 bits per heavy atom. The van der Waals surface area contributed by atoms with Crippen molar-refractivity contribution in [3.63, 3.8) is 0 Å². The Morgan fingerprint density at radius 2 is 2.09 bits per heavy atom. The van der Waals surface area contributed by atoms with E-state index in [1.165, 1.54) is 0 Å². The van der Waals surface area contributed by atoms with E-state index in [4.69, 9.17) is 4.52 Å². The number of hydrogen-bond acceptors (Lipinski definition) is 6. The zero-order valence-electron chi connectivity index (χ0n) is 11.6. The summed E-state index contributed by atoms with van der Waals surface area (Å²) >= 11 is 3.20. The molecule has 3 aromatic rings. The minimum atomic E-state index is 0.161. The highest BCUT2D eigenvalue weighted by molar-refractivity contribution is 7.13. The molecule has 1 amide bonds. The van der Waals surface area contributed by atoms with Gasteiger partial charge in [-0.1, -0.05) is 17.3 Å². The molecule has 0 spiro atoms. The van der Waals surface area contributed by atoms with Crippen molar-refractivity contribution in [2.45, 2.75) is 12.3 Å². The van der Waals surface area contributed by atoms with E-state index in [2.05, 4.69) is 10.1 Å². The molecule has 0 saturated carbocycles. The summed E-state index contributed by atoms with van der Waals surface area (Å²) in [6.45, 7) is 1.33. The van der Waals surface area contributed by atoms with Crippen LogP contribution in [0.1, 0.15) is 16.7 Å². The summed E-state index contributed by atoms with van der Waals surface area (Å²) < 4.78 is 5.34. The molecule has 0 aliphatic carbocycles. The molecule has 112 valence electrons. The SMILES string of the molecule is O=C(Cc1cccs1)N1CC(c2nc(-c3cccs3)no2)C1. The van der Waals surface area contributed by atoms with Gasteiger partial charge in [-0.2, -0.15) is 4.98 Å². The molecule has 1 saturated heterocycles. The number of amides is 1. The first-order valence-corrected chi connectivity index (χ1v) is 8.73. The second kappa shape index (κ2) is 5.66. The molecule has 0 atom stereocenters. The summed E-state index contributed by atoms with van der Waals surface area (Å²) in [7, 11) is 0. The molecule has 4 heterocycles. The molecule has 7 heteroatoms. The van der Waals surface area contributed by atoms with Gasteiger partial charge in [-0.05, 0) is 22.9 Å². The lowest BCUT2D eigenvalue weighted by atomic mass is 9.99. The van der Waals surface area contributed by atoms with Gasteiger partial charge >= 0.3 is 0 Å². The second-order valence-electron chi connectivity index (χ2n) is 5.19. The molecule has 1 aliphatic heterocycles. The van der Waals surface area contributed by atoms with Crippen molar-refractivity contribution >= 4 is 28.6 Å². The van der Waals surface area contributed by atoms with Gasteiger partial charge in [0.15, 0.2) is 0 Å². The number of carbonyl (C=O) groups is 1. The molecule has 0 unspecified atom stereocenters. The largest absolute Gasteiger partial charge is 0.341 e. The number of carbonyl (C=O) groups excluding carboxylic acids is 1. The average molecular weight is 331 g/mol. The van der Waals surface area contributed by atoms with Crippen LogP contribution in [-0.4, -0.2) is 34.0 Å². The lowest BCUT2D eigenvalue weighted by Gasteiger charge is -2.37. The molecule has 1 aliphatic rings. The van der Waals surface area contributed by atoms with Crippen molar-refractivity contribution in [3.05, 3.63) is 45.8 Å². The maximum atomic E-state index is 12.1. The van der Waals surface area contributed by atoms with Gasteiger partial charge in [0.25, 0.3) is 0 Å². The fourth-order valence-corrected chi connectivity index (χ4v) is 3.76. The van der Waals surface area contributed by atoms with E-state index >= 15 is 0 Å². The van der Waals surface area contributed by atoms with Crippen molar-refractivity contribution in [2.24, 2.45) is 0 Å². The maximum absolute atomic E-state index is 12.1. The standard InChI is InChI=1S/C15H13N3O2S2/c19-13(7-11-3-1-5-21-11)18-8-10(9-18)15-16-14(17-20-15)12-4-2-6-22-12/h1-6,10H,7-9H2. The first kappa shape index (κ1) is 13.7. The van der Waals surface area contributed by atoms with Crippen molar-refractivity contribution in [1.82, 2.24) is 15.0 Å². The van der Waals surface area contributed by atoms with E-state index in [1.807, 2.05) is 39.9 Å². The van der Waals surface area contributed by atoms with Crippen LogP contribution in [0.4, 0.5) is 0 Å². The molecule has 4 rings (SSSR count). The maximum Gasteiger partial charge on any atom is 0.233 e. The van der Waals surface area contributed by atoms with Crippen LogP contribution >= 0.6 is 22.7 Å². The van der Waals surface area contributed by atoms with Crippen molar-refractivity contribution in [3.8, 4) is 10.7 Å². The van der Waals surface area contributed by atoms with Crippen LogP contribution in [0.15, 0.2) is 39.5 Å². The molecular formula is C15H13N3O2S2. The van der Waals surface area contributed by atoms with Crippen LogP contribution in [0.2, 0.25) is 0 Å². The Bertz CT molecular complexity index is 759. The van der Waals surface area contributed by atoms with Crippen LogP contribution in [0.5, 0.6) is 0 Å². The van der Waals surface area contributed by atoms with Gasteiger partial charge in [-0.25, -0.2) is 0 Å². The number of hydrogen-bond donors (Lipinski definition) is 0. The van der Waals surface area contributed by atoms with Gasteiger partial charge in [-0.3, -0.25) is 4.79 Å². The second-order valence-corrected chi connectivity index (χ2v) is 7.17. The highest BCUT2D eigenvalue weighted by Crippen LogP contribution is 2.29. The Morgan fingerprint density at radius 3 is 2.82 bits per heavy atom. The minimum Gasteiger partial charge on any atom is -0.341 e. The number of thiophene rings is 2. The van der Waals surface area contributed by atoms with E-state index < -0.39 is 0 Å². The Hall–Kier alpha value is -1.99. The molecule has 0 N–H and O–H groups in total. The predicted octanol–water partition coefficient (Wildman–Crippen LogP) is 3.03. The topological polar surface area (TPSA) is 59.2 Å². The zero-order valence-corrected chi connectivity index (χ0v) is 13.3. The number of rotatable bonds is 4. The molecule has 22 heavy (non-hydrogen) atoms. The highest BCUT2D eigenvalue weighted by Gasteiger charge is 2.35. The van der Waals surface area contributed by atoms with Gasteiger partial charge in [0.2, 0.25) is 17.6 Å². The van der Waals surface area contributed by atoms with E-state index in [-0.39, 0.29) is 11.8 Å². The van der Waals surface area contributed by atoms with E-state index in [1.54, 1.807) is 22.7 Å².